The van der Waals surface area contributed by atoms with Gasteiger partial charge in [-0.25, -0.2) is 9.07 Å². The summed E-state index contributed by atoms with van der Waals surface area (Å²) in [5, 5.41) is 7.57. The van der Waals surface area contributed by atoms with E-state index in [-0.39, 0.29) is 5.56 Å². The third kappa shape index (κ3) is 3.92. The van der Waals surface area contributed by atoms with E-state index < -0.39 is 11.7 Å². The molecule has 154 valence electrons. The second-order valence-corrected chi connectivity index (χ2v) is 8.01. The number of halogens is 1. The monoisotopic (exact) mass is 431 g/mol. The van der Waals surface area contributed by atoms with Crippen molar-refractivity contribution in [1.29, 1.82) is 0 Å². The van der Waals surface area contributed by atoms with E-state index in [1.54, 1.807) is 28.6 Å². The Labute approximate surface area is 182 Å². The number of carbonyl (C=O) groups excluding carboxylic acids is 1. The average Bonchev–Trinajstić information content (AvgIpc) is 3.38. The molecular formula is C24H18FN3O2S. The number of hydrogen-bond donors (Lipinski definition) is 1. The van der Waals surface area contributed by atoms with Gasteiger partial charge >= 0.3 is 0 Å². The quantitative estimate of drug-likeness (QED) is 0.434. The Balaban J connectivity index is 1.45. The number of amides is 1. The van der Waals surface area contributed by atoms with Crippen molar-refractivity contribution in [2.24, 2.45) is 0 Å². The minimum absolute atomic E-state index is 0.00117. The van der Waals surface area contributed by atoms with Gasteiger partial charge in [0.15, 0.2) is 0 Å². The number of thioether (sulfide) groups is 1. The van der Waals surface area contributed by atoms with Crippen LogP contribution in [-0.4, -0.2) is 15.7 Å². The van der Waals surface area contributed by atoms with Crippen molar-refractivity contribution in [1.82, 2.24) is 9.78 Å². The third-order valence-corrected chi connectivity index (χ3v) is 5.93. The summed E-state index contributed by atoms with van der Waals surface area (Å²) in [6.45, 7) is 0. The summed E-state index contributed by atoms with van der Waals surface area (Å²) >= 11 is 1.74. The van der Waals surface area contributed by atoms with Crippen LogP contribution in [0.1, 0.15) is 21.6 Å². The van der Waals surface area contributed by atoms with Gasteiger partial charge in [0.25, 0.3) is 5.91 Å². The highest BCUT2D eigenvalue weighted by Gasteiger charge is 2.25. The molecule has 1 aliphatic rings. The largest absolute Gasteiger partial charge is 0.457 e. The zero-order valence-electron chi connectivity index (χ0n) is 16.4. The molecule has 0 spiro atoms. The fourth-order valence-corrected chi connectivity index (χ4v) is 4.46. The summed E-state index contributed by atoms with van der Waals surface area (Å²) < 4.78 is 21.6. The first-order valence-electron chi connectivity index (χ1n) is 9.77. The zero-order valence-corrected chi connectivity index (χ0v) is 17.2. The van der Waals surface area contributed by atoms with Crippen LogP contribution in [-0.2, 0) is 11.5 Å². The molecule has 7 heteroatoms. The van der Waals surface area contributed by atoms with E-state index in [1.165, 1.54) is 12.1 Å². The number of fused-ring (bicyclic) bond motifs is 1. The van der Waals surface area contributed by atoms with Gasteiger partial charge in [-0.15, -0.1) is 0 Å². The number of nitrogens with one attached hydrogen (secondary N) is 1. The first kappa shape index (κ1) is 19.4. The number of rotatable bonds is 5. The van der Waals surface area contributed by atoms with Gasteiger partial charge in [-0.1, -0.05) is 30.3 Å². The number of anilines is 1. The highest BCUT2D eigenvalue weighted by molar-refractivity contribution is 7.98. The summed E-state index contributed by atoms with van der Waals surface area (Å²) in [5.74, 6) is 2.50. The van der Waals surface area contributed by atoms with E-state index in [2.05, 4.69) is 5.32 Å². The second kappa shape index (κ2) is 8.28. The maximum absolute atomic E-state index is 14.1. The van der Waals surface area contributed by atoms with E-state index in [0.29, 0.717) is 11.6 Å². The highest BCUT2D eigenvalue weighted by Crippen LogP contribution is 2.36. The minimum atomic E-state index is -0.556. The van der Waals surface area contributed by atoms with Gasteiger partial charge in [0.05, 0.1) is 16.9 Å². The maximum Gasteiger partial charge on any atom is 0.259 e. The standard InChI is InChI=1S/C24H18FN3O2S/c25-21-9-5-4-8-19(21)24(29)26-23-20-14-31-15-22(20)27-28(23)16-10-12-18(13-11-16)30-17-6-2-1-3-7-17/h1-13H,14-15H2,(H,26,29). The molecule has 0 saturated carbocycles. The number of para-hydroxylation sites is 1. The molecule has 1 aromatic heterocycles. The van der Waals surface area contributed by atoms with Crippen LogP contribution in [0.25, 0.3) is 5.69 Å². The molecule has 4 aromatic rings. The highest BCUT2D eigenvalue weighted by atomic mass is 32.2. The van der Waals surface area contributed by atoms with Gasteiger partial charge in [0.2, 0.25) is 0 Å². The van der Waals surface area contributed by atoms with Crippen LogP contribution in [0.2, 0.25) is 0 Å². The maximum atomic E-state index is 14.1. The van der Waals surface area contributed by atoms with Crippen molar-refractivity contribution >= 4 is 23.5 Å². The molecule has 3 aromatic carbocycles. The zero-order chi connectivity index (χ0) is 21.2. The Morgan fingerprint density at radius 1 is 0.935 bits per heavy atom. The van der Waals surface area contributed by atoms with Crippen LogP contribution in [0.3, 0.4) is 0 Å². The average molecular weight is 431 g/mol. The number of carbonyl (C=O) groups is 1. The van der Waals surface area contributed by atoms with Gasteiger partial charge in [-0.2, -0.15) is 16.9 Å². The van der Waals surface area contributed by atoms with Gasteiger partial charge in [-0.3, -0.25) is 4.79 Å². The Morgan fingerprint density at radius 3 is 2.42 bits per heavy atom. The van der Waals surface area contributed by atoms with Gasteiger partial charge in [0, 0.05) is 17.1 Å². The molecule has 5 rings (SSSR count). The minimum Gasteiger partial charge on any atom is -0.457 e. The number of benzene rings is 3. The third-order valence-electron chi connectivity index (χ3n) is 4.96. The molecule has 0 bridgehead atoms. The topological polar surface area (TPSA) is 56.2 Å². The van der Waals surface area contributed by atoms with Crippen LogP contribution in [0.5, 0.6) is 11.5 Å². The molecule has 0 aliphatic carbocycles. The van der Waals surface area contributed by atoms with Crippen molar-refractivity contribution in [3.05, 3.63) is 102 Å². The van der Waals surface area contributed by atoms with Gasteiger partial charge in [0.1, 0.15) is 23.1 Å². The molecular weight excluding hydrogens is 413 g/mol. The smallest absolute Gasteiger partial charge is 0.259 e. The van der Waals surface area contributed by atoms with Gasteiger partial charge < -0.3 is 10.1 Å². The summed E-state index contributed by atoms with van der Waals surface area (Å²) in [5.41, 5.74) is 2.68. The lowest BCUT2D eigenvalue weighted by atomic mass is 10.2. The summed E-state index contributed by atoms with van der Waals surface area (Å²) in [6, 6.07) is 23.0. The molecule has 0 saturated heterocycles. The molecule has 1 amide bonds. The summed E-state index contributed by atoms with van der Waals surface area (Å²) in [4.78, 5) is 12.8. The molecule has 1 aliphatic heterocycles. The fourth-order valence-electron chi connectivity index (χ4n) is 3.43. The van der Waals surface area contributed by atoms with Crippen molar-refractivity contribution in [2.75, 3.05) is 5.32 Å². The van der Waals surface area contributed by atoms with E-state index in [4.69, 9.17) is 9.84 Å². The predicted molar refractivity (Wildman–Crippen MR) is 119 cm³/mol. The van der Waals surface area contributed by atoms with Gasteiger partial charge in [-0.05, 0) is 48.5 Å². The van der Waals surface area contributed by atoms with Crippen LogP contribution in [0.15, 0.2) is 78.9 Å². The number of nitrogens with zero attached hydrogens (tertiary/aromatic N) is 2. The SMILES string of the molecule is O=C(Nc1c2c(nn1-c1ccc(Oc3ccccc3)cc1)CSC2)c1ccccc1F. The molecule has 0 radical (unpaired) electrons. The Morgan fingerprint density at radius 2 is 1.65 bits per heavy atom. The van der Waals surface area contributed by atoms with Crippen molar-refractivity contribution in [2.45, 2.75) is 11.5 Å². The lowest BCUT2D eigenvalue weighted by Crippen LogP contribution is -2.17. The molecule has 0 atom stereocenters. The molecule has 5 nitrogen and oxygen atoms in total. The lowest BCUT2D eigenvalue weighted by molar-refractivity contribution is 0.102. The first-order valence-corrected chi connectivity index (χ1v) is 10.9. The Bertz CT molecular complexity index is 1240. The van der Waals surface area contributed by atoms with E-state index in [1.807, 2.05) is 54.6 Å². The summed E-state index contributed by atoms with van der Waals surface area (Å²) in [6.07, 6.45) is 0. The van der Waals surface area contributed by atoms with Crippen molar-refractivity contribution in [3.8, 4) is 17.2 Å². The van der Waals surface area contributed by atoms with Crippen LogP contribution >= 0.6 is 11.8 Å². The molecule has 0 unspecified atom stereocenters. The molecule has 1 N–H and O–H groups in total. The predicted octanol–water partition coefficient (Wildman–Crippen LogP) is 5.80. The lowest BCUT2D eigenvalue weighted by Gasteiger charge is -2.12. The fraction of sp³-hybridized carbons (Fsp3) is 0.0833. The molecule has 0 fully saturated rings. The molecule has 31 heavy (non-hydrogen) atoms. The van der Waals surface area contributed by atoms with E-state index >= 15 is 0 Å². The van der Waals surface area contributed by atoms with Crippen molar-refractivity contribution in [3.63, 3.8) is 0 Å². The Kier molecular flexibility index (Phi) is 5.18. The second-order valence-electron chi connectivity index (χ2n) is 7.02. The molecule has 2 heterocycles. The van der Waals surface area contributed by atoms with Crippen LogP contribution < -0.4 is 10.1 Å². The summed E-state index contributed by atoms with van der Waals surface area (Å²) in [7, 11) is 0. The van der Waals surface area contributed by atoms with E-state index in [0.717, 1.165) is 34.2 Å². The van der Waals surface area contributed by atoms with Crippen LogP contribution in [0, 0.1) is 5.82 Å². The normalized spacial score (nSPS) is 12.4. The van der Waals surface area contributed by atoms with E-state index in [9.17, 15) is 9.18 Å². The Hall–Kier alpha value is -3.58. The van der Waals surface area contributed by atoms with Crippen molar-refractivity contribution < 1.29 is 13.9 Å². The first-order chi connectivity index (χ1) is 15.2. The number of hydrogen-bond acceptors (Lipinski definition) is 4. The number of aromatic nitrogens is 2. The number of ether oxygens (including phenoxy) is 1. The van der Waals surface area contributed by atoms with Crippen LogP contribution in [0.4, 0.5) is 10.2 Å².